The van der Waals surface area contributed by atoms with Crippen LogP contribution in [0.5, 0.6) is 5.75 Å². The maximum atomic E-state index is 12.5. The van der Waals surface area contributed by atoms with Gasteiger partial charge in [0, 0.05) is 11.8 Å². The van der Waals surface area contributed by atoms with E-state index in [1.54, 1.807) is 19.2 Å². The quantitative estimate of drug-likeness (QED) is 0.379. The first kappa shape index (κ1) is 18.3. The number of carbonyl (C=O) groups excluding carboxylic acids is 1. The van der Waals surface area contributed by atoms with Crippen molar-refractivity contribution in [2.24, 2.45) is 0 Å². The zero-order valence-corrected chi connectivity index (χ0v) is 16.4. The highest BCUT2D eigenvalue weighted by Gasteiger charge is 2.17. The maximum Gasteiger partial charge on any atom is 0.234 e. The molecule has 2 aromatic heterocycles. The van der Waals surface area contributed by atoms with Gasteiger partial charge < -0.3 is 14.5 Å². The van der Waals surface area contributed by atoms with Crippen LogP contribution >= 0.6 is 11.8 Å². The number of carbonyl (C=O) groups is 1. The lowest BCUT2D eigenvalue weighted by atomic mass is 10.2. The van der Waals surface area contributed by atoms with Crippen LogP contribution in [0.4, 0.5) is 5.69 Å². The SMILES string of the molecule is CCc1nc(SCC(=O)Nc2ccccc2OC)c2oc3ccccc3c2n1. The van der Waals surface area contributed by atoms with Gasteiger partial charge in [-0.25, -0.2) is 9.97 Å². The average Bonchev–Trinajstić information content (AvgIpc) is 3.11. The molecule has 0 saturated carbocycles. The van der Waals surface area contributed by atoms with E-state index in [4.69, 9.17) is 9.15 Å². The van der Waals surface area contributed by atoms with E-state index in [0.29, 0.717) is 28.5 Å². The monoisotopic (exact) mass is 393 g/mol. The molecule has 6 nitrogen and oxygen atoms in total. The van der Waals surface area contributed by atoms with Crippen LogP contribution in [0.15, 0.2) is 58.0 Å². The molecule has 142 valence electrons. The summed E-state index contributed by atoms with van der Waals surface area (Å²) in [5.74, 6) is 1.41. The number of aromatic nitrogens is 2. The van der Waals surface area contributed by atoms with E-state index in [-0.39, 0.29) is 11.7 Å². The number of fused-ring (bicyclic) bond motifs is 3. The number of nitrogens with one attached hydrogen (secondary N) is 1. The molecule has 4 rings (SSSR count). The van der Waals surface area contributed by atoms with Crippen molar-refractivity contribution in [2.45, 2.75) is 18.4 Å². The number of aryl methyl sites for hydroxylation is 1. The number of para-hydroxylation sites is 3. The van der Waals surface area contributed by atoms with Gasteiger partial charge in [0.1, 0.15) is 27.7 Å². The minimum absolute atomic E-state index is 0.143. The lowest BCUT2D eigenvalue weighted by Gasteiger charge is -2.09. The molecule has 2 heterocycles. The van der Waals surface area contributed by atoms with Crippen molar-refractivity contribution in [1.29, 1.82) is 0 Å². The first-order valence-electron chi connectivity index (χ1n) is 8.93. The molecule has 0 spiro atoms. The first-order chi connectivity index (χ1) is 13.7. The van der Waals surface area contributed by atoms with Crippen LogP contribution in [0.3, 0.4) is 0 Å². The minimum atomic E-state index is -0.143. The molecule has 4 aromatic rings. The third kappa shape index (κ3) is 3.53. The number of anilines is 1. The summed E-state index contributed by atoms with van der Waals surface area (Å²) in [4.78, 5) is 21.7. The van der Waals surface area contributed by atoms with Gasteiger partial charge in [-0.05, 0) is 24.3 Å². The van der Waals surface area contributed by atoms with Crippen molar-refractivity contribution in [3.63, 3.8) is 0 Å². The standard InChI is InChI=1S/C21H19N3O3S/c1-3-17-23-19-13-8-4-6-10-15(13)27-20(19)21(24-17)28-12-18(25)22-14-9-5-7-11-16(14)26-2/h4-11H,3,12H2,1-2H3,(H,22,25). The van der Waals surface area contributed by atoms with E-state index in [1.165, 1.54) is 11.8 Å². The number of hydrogen-bond acceptors (Lipinski definition) is 6. The van der Waals surface area contributed by atoms with Crippen molar-refractivity contribution < 1.29 is 13.9 Å². The van der Waals surface area contributed by atoms with Crippen LogP contribution in [0, 0.1) is 0 Å². The third-order valence-corrected chi connectivity index (χ3v) is 5.23. The molecule has 28 heavy (non-hydrogen) atoms. The zero-order valence-electron chi connectivity index (χ0n) is 15.6. The van der Waals surface area contributed by atoms with Crippen LogP contribution in [0.25, 0.3) is 22.1 Å². The fourth-order valence-electron chi connectivity index (χ4n) is 2.93. The Morgan fingerprint density at radius 2 is 1.93 bits per heavy atom. The second kappa shape index (κ2) is 7.90. The summed E-state index contributed by atoms with van der Waals surface area (Å²) in [7, 11) is 1.57. The minimum Gasteiger partial charge on any atom is -0.495 e. The first-order valence-corrected chi connectivity index (χ1v) is 9.92. The number of methoxy groups -OCH3 is 1. The van der Waals surface area contributed by atoms with Gasteiger partial charge in [-0.15, -0.1) is 0 Å². The summed E-state index contributed by atoms with van der Waals surface area (Å²) in [6, 6.07) is 15.1. The lowest BCUT2D eigenvalue weighted by Crippen LogP contribution is -2.14. The number of rotatable bonds is 6. The molecule has 0 atom stereocenters. The summed E-state index contributed by atoms with van der Waals surface area (Å²) in [5.41, 5.74) is 2.81. The van der Waals surface area contributed by atoms with Gasteiger partial charge in [0.2, 0.25) is 5.91 Å². The fraction of sp³-hybridized carbons (Fsp3) is 0.190. The molecule has 0 radical (unpaired) electrons. The van der Waals surface area contributed by atoms with Gasteiger partial charge in [0.15, 0.2) is 5.58 Å². The van der Waals surface area contributed by atoms with E-state index in [0.717, 1.165) is 22.3 Å². The van der Waals surface area contributed by atoms with E-state index < -0.39 is 0 Å². The van der Waals surface area contributed by atoms with Gasteiger partial charge in [0.25, 0.3) is 0 Å². The maximum absolute atomic E-state index is 12.5. The Balaban J connectivity index is 1.60. The Kier molecular flexibility index (Phi) is 5.16. The molecule has 2 aromatic carbocycles. The summed E-state index contributed by atoms with van der Waals surface area (Å²) in [5, 5.41) is 4.50. The summed E-state index contributed by atoms with van der Waals surface area (Å²) in [6.07, 6.45) is 0.705. The van der Waals surface area contributed by atoms with E-state index in [1.807, 2.05) is 43.3 Å². The molecule has 0 aliphatic heterocycles. The zero-order chi connectivity index (χ0) is 19.5. The topological polar surface area (TPSA) is 77.2 Å². The Hall–Kier alpha value is -3.06. The summed E-state index contributed by atoms with van der Waals surface area (Å²) in [6.45, 7) is 2.01. The molecule has 1 amide bonds. The number of amides is 1. The molecule has 1 N–H and O–H groups in total. The normalized spacial score (nSPS) is 11.1. The molecule has 0 aliphatic rings. The van der Waals surface area contributed by atoms with Crippen LogP contribution in [0.1, 0.15) is 12.7 Å². The van der Waals surface area contributed by atoms with Crippen LogP contribution in [-0.4, -0.2) is 28.7 Å². The van der Waals surface area contributed by atoms with Crippen LogP contribution < -0.4 is 10.1 Å². The van der Waals surface area contributed by atoms with Gasteiger partial charge in [-0.2, -0.15) is 0 Å². The highest BCUT2D eigenvalue weighted by molar-refractivity contribution is 8.00. The number of ether oxygens (including phenoxy) is 1. The van der Waals surface area contributed by atoms with Crippen LogP contribution in [0.2, 0.25) is 0 Å². The molecule has 7 heteroatoms. The highest BCUT2D eigenvalue weighted by atomic mass is 32.2. The molecule has 0 fully saturated rings. The van der Waals surface area contributed by atoms with E-state index in [9.17, 15) is 4.79 Å². The van der Waals surface area contributed by atoms with Crippen molar-refractivity contribution in [1.82, 2.24) is 9.97 Å². The molecule has 0 saturated heterocycles. The van der Waals surface area contributed by atoms with Gasteiger partial charge in [0.05, 0.1) is 18.6 Å². The van der Waals surface area contributed by atoms with Crippen molar-refractivity contribution >= 4 is 45.4 Å². The number of thioether (sulfide) groups is 1. The van der Waals surface area contributed by atoms with Gasteiger partial charge in [-0.1, -0.05) is 43.0 Å². The number of furan rings is 1. The third-order valence-electron chi connectivity index (χ3n) is 4.27. The summed E-state index contributed by atoms with van der Waals surface area (Å²) >= 11 is 1.34. The average molecular weight is 393 g/mol. The highest BCUT2D eigenvalue weighted by Crippen LogP contribution is 2.33. The largest absolute Gasteiger partial charge is 0.495 e. The van der Waals surface area contributed by atoms with Gasteiger partial charge in [-0.3, -0.25) is 4.79 Å². The van der Waals surface area contributed by atoms with Crippen molar-refractivity contribution in [3.05, 3.63) is 54.4 Å². The smallest absolute Gasteiger partial charge is 0.234 e. The Labute approximate surface area is 166 Å². The number of hydrogen-bond donors (Lipinski definition) is 1. The lowest BCUT2D eigenvalue weighted by molar-refractivity contribution is -0.113. The second-order valence-corrected chi connectivity index (χ2v) is 7.08. The molecule has 0 aliphatic carbocycles. The predicted molar refractivity (Wildman–Crippen MR) is 111 cm³/mol. The Morgan fingerprint density at radius 3 is 2.75 bits per heavy atom. The van der Waals surface area contributed by atoms with Crippen molar-refractivity contribution in [3.8, 4) is 5.75 Å². The number of benzene rings is 2. The molecule has 0 bridgehead atoms. The van der Waals surface area contributed by atoms with E-state index >= 15 is 0 Å². The molecule has 0 unspecified atom stereocenters. The molecular formula is C21H19N3O3S. The Morgan fingerprint density at radius 1 is 1.14 bits per heavy atom. The Bertz CT molecular complexity index is 1160. The number of nitrogens with zero attached hydrogens (tertiary/aromatic N) is 2. The predicted octanol–water partition coefficient (Wildman–Crippen LogP) is 4.68. The van der Waals surface area contributed by atoms with E-state index in [2.05, 4.69) is 15.3 Å². The fourth-order valence-corrected chi connectivity index (χ4v) is 3.71. The van der Waals surface area contributed by atoms with Crippen LogP contribution in [-0.2, 0) is 11.2 Å². The molecular weight excluding hydrogens is 374 g/mol. The summed E-state index contributed by atoms with van der Waals surface area (Å²) < 4.78 is 11.2. The van der Waals surface area contributed by atoms with Gasteiger partial charge >= 0.3 is 0 Å². The second-order valence-electron chi connectivity index (χ2n) is 6.11. The van der Waals surface area contributed by atoms with Crippen molar-refractivity contribution in [2.75, 3.05) is 18.2 Å².